The number of fused-ring (bicyclic) bond motifs is 1. The van der Waals surface area contributed by atoms with Crippen LogP contribution in [0.15, 0.2) is 12.3 Å². The van der Waals surface area contributed by atoms with Gasteiger partial charge in [0.05, 0.1) is 5.52 Å². The number of pyridine rings is 1. The average Bonchev–Trinajstić information content (AvgIpc) is 2.48. The van der Waals surface area contributed by atoms with Gasteiger partial charge in [0, 0.05) is 13.2 Å². The van der Waals surface area contributed by atoms with Crippen LogP contribution in [-0.4, -0.2) is 31.1 Å². The Hall–Kier alpha value is -1.98. The molecular formula is C7H6N4O2. The van der Waals surface area contributed by atoms with Crippen LogP contribution >= 0.6 is 0 Å². The molecule has 0 fully saturated rings. The van der Waals surface area contributed by atoms with Crippen LogP contribution in [0, 0.1) is 0 Å². The van der Waals surface area contributed by atoms with Crippen LogP contribution in [0.3, 0.4) is 0 Å². The number of rotatable bonds is 1. The van der Waals surface area contributed by atoms with Crippen molar-refractivity contribution in [3.63, 3.8) is 0 Å². The molecule has 0 aliphatic carbocycles. The Kier molecular flexibility index (Phi) is 1.48. The molecule has 2 aromatic rings. The van der Waals surface area contributed by atoms with Gasteiger partial charge in [-0.15, -0.1) is 5.10 Å². The molecule has 0 radical (unpaired) electrons. The number of hydrogen-bond acceptors (Lipinski definition) is 4. The highest BCUT2D eigenvalue weighted by Gasteiger charge is 2.13. The average molecular weight is 178 g/mol. The second-order valence-electron chi connectivity index (χ2n) is 2.55. The lowest BCUT2D eigenvalue weighted by atomic mass is 10.3. The van der Waals surface area contributed by atoms with E-state index in [1.54, 1.807) is 13.1 Å². The van der Waals surface area contributed by atoms with Crippen molar-refractivity contribution in [2.24, 2.45) is 7.05 Å². The van der Waals surface area contributed by atoms with E-state index in [0.29, 0.717) is 11.0 Å². The van der Waals surface area contributed by atoms with Crippen LogP contribution in [-0.2, 0) is 7.05 Å². The number of carboxylic acid groups (broad SMARTS) is 1. The van der Waals surface area contributed by atoms with Crippen molar-refractivity contribution in [2.75, 3.05) is 0 Å². The molecule has 1 N–H and O–H groups in total. The van der Waals surface area contributed by atoms with Crippen molar-refractivity contribution < 1.29 is 9.90 Å². The normalized spacial score (nSPS) is 10.5. The van der Waals surface area contributed by atoms with E-state index in [9.17, 15) is 4.79 Å². The van der Waals surface area contributed by atoms with Crippen LogP contribution in [0.2, 0.25) is 0 Å². The monoisotopic (exact) mass is 178 g/mol. The highest BCUT2D eigenvalue weighted by atomic mass is 16.4. The molecule has 6 nitrogen and oxygen atoms in total. The highest BCUT2D eigenvalue weighted by molar-refractivity contribution is 5.98. The number of aromatic carboxylic acids is 1. The lowest BCUT2D eigenvalue weighted by Crippen LogP contribution is -2.00. The zero-order chi connectivity index (χ0) is 9.42. The van der Waals surface area contributed by atoms with E-state index < -0.39 is 5.97 Å². The maximum atomic E-state index is 10.7. The molecule has 0 aromatic carbocycles. The van der Waals surface area contributed by atoms with Crippen LogP contribution in [0.5, 0.6) is 0 Å². The van der Waals surface area contributed by atoms with Crippen LogP contribution in [0.4, 0.5) is 0 Å². The van der Waals surface area contributed by atoms with E-state index >= 15 is 0 Å². The van der Waals surface area contributed by atoms with Crippen molar-refractivity contribution in [2.45, 2.75) is 0 Å². The standard InChI is InChI=1S/C7H6N4O2/c1-11-4-2-3-8-6(7(12)13)5(4)9-10-11/h2-3H,1H3,(H,12,13). The zero-order valence-corrected chi connectivity index (χ0v) is 6.80. The van der Waals surface area contributed by atoms with E-state index in [4.69, 9.17) is 5.11 Å². The molecule has 0 spiro atoms. The summed E-state index contributed by atoms with van der Waals surface area (Å²) >= 11 is 0. The van der Waals surface area contributed by atoms with Crippen molar-refractivity contribution in [3.8, 4) is 0 Å². The maximum absolute atomic E-state index is 10.7. The minimum Gasteiger partial charge on any atom is -0.476 e. The van der Waals surface area contributed by atoms with Crippen LogP contribution < -0.4 is 0 Å². The minimum absolute atomic E-state index is 0.0643. The van der Waals surface area contributed by atoms with Gasteiger partial charge in [-0.25, -0.2) is 14.5 Å². The molecule has 6 heteroatoms. The van der Waals surface area contributed by atoms with Crippen molar-refractivity contribution >= 4 is 17.0 Å². The molecule has 2 heterocycles. The molecule has 0 unspecified atom stereocenters. The molecule has 0 atom stereocenters. The molecule has 0 amide bonds. The quantitative estimate of drug-likeness (QED) is 0.667. The van der Waals surface area contributed by atoms with Gasteiger partial charge in [0.15, 0.2) is 5.69 Å². The first-order valence-electron chi connectivity index (χ1n) is 3.58. The Morgan fingerprint density at radius 2 is 2.38 bits per heavy atom. The van der Waals surface area contributed by atoms with Crippen molar-refractivity contribution in [3.05, 3.63) is 18.0 Å². The summed E-state index contributed by atoms with van der Waals surface area (Å²) in [6, 6.07) is 1.67. The summed E-state index contributed by atoms with van der Waals surface area (Å²) in [4.78, 5) is 14.4. The molecule has 0 aliphatic rings. The SMILES string of the molecule is Cn1nnc2c(C(=O)O)nccc21. The van der Waals surface area contributed by atoms with Gasteiger partial charge in [0.2, 0.25) is 0 Å². The van der Waals surface area contributed by atoms with Gasteiger partial charge in [-0.2, -0.15) is 0 Å². The van der Waals surface area contributed by atoms with Crippen molar-refractivity contribution in [1.29, 1.82) is 0 Å². The maximum Gasteiger partial charge on any atom is 0.356 e. The van der Waals surface area contributed by atoms with Crippen LogP contribution in [0.1, 0.15) is 10.5 Å². The first-order chi connectivity index (χ1) is 6.20. The Balaban J connectivity index is 2.84. The number of carbonyl (C=O) groups is 1. The van der Waals surface area contributed by atoms with Crippen LogP contribution in [0.25, 0.3) is 11.0 Å². The summed E-state index contributed by atoms with van der Waals surface area (Å²) in [7, 11) is 1.70. The summed E-state index contributed by atoms with van der Waals surface area (Å²) in [6.45, 7) is 0. The molecular weight excluding hydrogens is 172 g/mol. The summed E-state index contributed by atoms with van der Waals surface area (Å²) in [6.07, 6.45) is 1.43. The van der Waals surface area contributed by atoms with E-state index in [-0.39, 0.29) is 5.69 Å². The Labute approximate surface area is 72.8 Å². The Morgan fingerprint density at radius 3 is 3.08 bits per heavy atom. The van der Waals surface area contributed by atoms with E-state index in [1.807, 2.05) is 0 Å². The summed E-state index contributed by atoms with van der Waals surface area (Å²) in [5.74, 6) is -1.09. The van der Waals surface area contributed by atoms with Gasteiger partial charge in [-0.1, -0.05) is 5.21 Å². The molecule has 0 aliphatic heterocycles. The summed E-state index contributed by atoms with van der Waals surface area (Å²) in [5, 5.41) is 16.2. The number of carboxylic acids is 1. The summed E-state index contributed by atoms with van der Waals surface area (Å²) < 4.78 is 1.50. The van der Waals surface area contributed by atoms with Gasteiger partial charge in [-0.05, 0) is 6.07 Å². The third-order valence-corrected chi connectivity index (χ3v) is 1.73. The largest absolute Gasteiger partial charge is 0.476 e. The molecule has 2 rings (SSSR count). The molecule has 0 saturated carbocycles. The Morgan fingerprint density at radius 1 is 1.62 bits per heavy atom. The number of aromatic nitrogens is 4. The van der Waals surface area contributed by atoms with E-state index in [0.717, 1.165) is 0 Å². The lowest BCUT2D eigenvalue weighted by molar-refractivity contribution is 0.0692. The summed E-state index contributed by atoms with van der Waals surface area (Å²) in [5.41, 5.74) is 0.913. The van der Waals surface area contributed by atoms with Gasteiger partial charge in [-0.3, -0.25) is 0 Å². The number of aryl methyl sites for hydroxylation is 1. The fraction of sp³-hybridized carbons (Fsp3) is 0.143. The van der Waals surface area contributed by atoms with Gasteiger partial charge < -0.3 is 5.11 Å². The second-order valence-corrected chi connectivity index (χ2v) is 2.55. The number of nitrogens with zero attached hydrogens (tertiary/aromatic N) is 4. The molecule has 13 heavy (non-hydrogen) atoms. The first-order valence-corrected chi connectivity index (χ1v) is 3.58. The minimum atomic E-state index is -1.09. The third-order valence-electron chi connectivity index (χ3n) is 1.73. The van der Waals surface area contributed by atoms with E-state index in [1.165, 1.54) is 10.9 Å². The number of hydrogen-bond donors (Lipinski definition) is 1. The predicted octanol–water partition coefficient (Wildman–Crippen LogP) is 0.0615. The molecule has 66 valence electrons. The first kappa shape index (κ1) is 7.66. The second kappa shape index (κ2) is 2.51. The van der Waals surface area contributed by atoms with E-state index in [2.05, 4.69) is 15.3 Å². The predicted molar refractivity (Wildman–Crippen MR) is 43.3 cm³/mol. The lowest BCUT2D eigenvalue weighted by Gasteiger charge is -1.93. The fourth-order valence-electron chi connectivity index (χ4n) is 1.12. The van der Waals surface area contributed by atoms with Gasteiger partial charge in [0.25, 0.3) is 0 Å². The van der Waals surface area contributed by atoms with Gasteiger partial charge in [0.1, 0.15) is 5.52 Å². The van der Waals surface area contributed by atoms with Crippen molar-refractivity contribution in [1.82, 2.24) is 20.0 Å². The Bertz CT molecular complexity index is 476. The topological polar surface area (TPSA) is 80.9 Å². The smallest absolute Gasteiger partial charge is 0.356 e. The zero-order valence-electron chi connectivity index (χ0n) is 6.80. The molecule has 2 aromatic heterocycles. The third kappa shape index (κ3) is 1.03. The molecule has 0 bridgehead atoms. The highest BCUT2D eigenvalue weighted by Crippen LogP contribution is 2.11. The fourth-order valence-corrected chi connectivity index (χ4v) is 1.12. The van der Waals surface area contributed by atoms with Gasteiger partial charge >= 0.3 is 5.97 Å². The molecule has 0 saturated heterocycles.